The number of hydrogen-bond donors (Lipinski definition) is 0. The molecule has 0 atom stereocenters. The molecule has 0 aliphatic carbocycles. The Morgan fingerprint density at radius 1 is 1.19 bits per heavy atom. The highest BCUT2D eigenvalue weighted by molar-refractivity contribution is 6.74. The highest BCUT2D eigenvalue weighted by atomic mass is 28.4. The number of aryl methyl sites for hydroxylation is 1. The van der Waals surface area contributed by atoms with Crippen LogP contribution < -0.4 is 0 Å². The molecule has 0 amide bonds. The van der Waals surface area contributed by atoms with E-state index in [2.05, 4.69) is 65.1 Å². The van der Waals surface area contributed by atoms with Gasteiger partial charge in [0.2, 0.25) is 0 Å². The maximum absolute atomic E-state index is 6.17. The molecule has 0 unspecified atom stereocenters. The molecular weight excluding hydrogens is 212 g/mol. The van der Waals surface area contributed by atoms with Crippen LogP contribution in [0.3, 0.4) is 0 Å². The van der Waals surface area contributed by atoms with Gasteiger partial charge in [-0.2, -0.15) is 0 Å². The molecule has 1 aromatic rings. The molecule has 0 fully saturated rings. The van der Waals surface area contributed by atoms with Gasteiger partial charge >= 0.3 is 0 Å². The molecule has 90 valence electrons. The normalized spacial score (nSPS) is 12.9. The first-order chi connectivity index (χ1) is 7.22. The largest absolute Gasteiger partial charge is 0.413 e. The SMILES string of the molecule is Cc1cccc(CO[Si](C)(C)C(C)(C)C)c1. The van der Waals surface area contributed by atoms with E-state index in [4.69, 9.17) is 4.43 Å². The average Bonchev–Trinajstić information content (AvgIpc) is 2.13. The second kappa shape index (κ2) is 4.72. The summed E-state index contributed by atoms with van der Waals surface area (Å²) in [5.74, 6) is 0. The van der Waals surface area contributed by atoms with Crippen molar-refractivity contribution in [1.82, 2.24) is 0 Å². The van der Waals surface area contributed by atoms with Crippen LogP contribution in [0.2, 0.25) is 18.1 Å². The summed E-state index contributed by atoms with van der Waals surface area (Å²) < 4.78 is 6.17. The summed E-state index contributed by atoms with van der Waals surface area (Å²) in [6, 6.07) is 8.56. The van der Waals surface area contributed by atoms with E-state index in [1.54, 1.807) is 0 Å². The summed E-state index contributed by atoms with van der Waals surface area (Å²) >= 11 is 0. The molecule has 0 saturated carbocycles. The molecule has 1 rings (SSSR count). The molecule has 0 bridgehead atoms. The van der Waals surface area contributed by atoms with Crippen LogP contribution in [0.1, 0.15) is 31.9 Å². The Balaban J connectivity index is 2.65. The van der Waals surface area contributed by atoms with E-state index in [0.29, 0.717) is 0 Å². The van der Waals surface area contributed by atoms with Crippen molar-refractivity contribution in [3.8, 4) is 0 Å². The predicted molar refractivity (Wildman–Crippen MR) is 73.2 cm³/mol. The second-order valence-electron chi connectivity index (χ2n) is 6.04. The first-order valence-corrected chi connectivity index (χ1v) is 8.83. The minimum absolute atomic E-state index is 0.289. The van der Waals surface area contributed by atoms with Crippen LogP contribution in [0.25, 0.3) is 0 Å². The van der Waals surface area contributed by atoms with Crippen molar-refractivity contribution >= 4 is 8.32 Å². The second-order valence-corrected chi connectivity index (χ2v) is 10.8. The van der Waals surface area contributed by atoms with Gasteiger partial charge in [-0.1, -0.05) is 50.6 Å². The van der Waals surface area contributed by atoms with Gasteiger partial charge in [-0.05, 0) is 30.6 Å². The Morgan fingerprint density at radius 3 is 2.31 bits per heavy atom. The van der Waals surface area contributed by atoms with E-state index in [9.17, 15) is 0 Å². The fourth-order valence-electron chi connectivity index (χ4n) is 1.28. The van der Waals surface area contributed by atoms with E-state index in [-0.39, 0.29) is 5.04 Å². The quantitative estimate of drug-likeness (QED) is 0.701. The Labute approximate surface area is 101 Å². The van der Waals surface area contributed by atoms with E-state index in [1.807, 2.05) is 0 Å². The number of rotatable bonds is 3. The molecule has 0 aliphatic rings. The van der Waals surface area contributed by atoms with Crippen molar-refractivity contribution in [3.63, 3.8) is 0 Å². The molecule has 1 nitrogen and oxygen atoms in total. The summed E-state index contributed by atoms with van der Waals surface area (Å²) in [6.45, 7) is 14.3. The molecular formula is C14H24OSi. The minimum atomic E-state index is -1.61. The maximum atomic E-state index is 6.17. The first-order valence-electron chi connectivity index (χ1n) is 5.92. The van der Waals surface area contributed by atoms with Gasteiger partial charge in [0.1, 0.15) is 0 Å². The van der Waals surface area contributed by atoms with Crippen LogP contribution in [-0.2, 0) is 11.0 Å². The van der Waals surface area contributed by atoms with Crippen LogP contribution >= 0.6 is 0 Å². The molecule has 0 spiro atoms. The third-order valence-electron chi connectivity index (χ3n) is 3.49. The van der Waals surface area contributed by atoms with Gasteiger partial charge in [0, 0.05) is 0 Å². The van der Waals surface area contributed by atoms with Crippen molar-refractivity contribution < 1.29 is 4.43 Å². The van der Waals surface area contributed by atoms with Crippen molar-refractivity contribution in [1.29, 1.82) is 0 Å². The summed E-state index contributed by atoms with van der Waals surface area (Å²) in [7, 11) is -1.61. The van der Waals surface area contributed by atoms with E-state index in [1.165, 1.54) is 11.1 Å². The average molecular weight is 236 g/mol. The summed E-state index contributed by atoms with van der Waals surface area (Å²) in [6.07, 6.45) is 0. The molecule has 16 heavy (non-hydrogen) atoms. The molecule has 2 heteroatoms. The van der Waals surface area contributed by atoms with E-state index < -0.39 is 8.32 Å². The third-order valence-corrected chi connectivity index (χ3v) is 7.97. The molecule has 0 radical (unpaired) electrons. The van der Waals surface area contributed by atoms with E-state index in [0.717, 1.165) is 6.61 Å². The van der Waals surface area contributed by atoms with Crippen LogP contribution in [0.15, 0.2) is 24.3 Å². The lowest BCUT2D eigenvalue weighted by atomic mass is 10.1. The van der Waals surface area contributed by atoms with Crippen LogP contribution in [-0.4, -0.2) is 8.32 Å². The van der Waals surface area contributed by atoms with E-state index >= 15 is 0 Å². The van der Waals surface area contributed by atoms with Crippen molar-refractivity contribution in [2.24, 2.45) is 0 Å². The predicted octanol–water partition coefficient (Wildman–Crippen LogP) is 4.52. The minimum Gasteiger partial charge on any atom is -0.413 e. The summed E-state index contributed by atoms with van der Waals surface area (Å²) in [4.78, 5) is 0. The van der Waals surface area contributed by atoms with Crippen LogP contribution in [0, 0.1) is 6.92 Å². The first kappa shape index (κ1) is 13.5. The van der Waals surface area contributed by atoms with Gasteiger partial charge in [0.15, 0.2) is 8.32 Å². The molecule has 0 N–H and O–H groups in total. The molecule has 0 aromatic heterocycles. The zero-order chi connectivity index (χ0) is 12.4. The molecule has 0 heterocycles. The Bertz CT molecular complexity index is 350. The van der Waals surface area contributed by atoms with Crippen molar-refractivity contribution in [2.75, 3.05) is 0 Å². The summed E-state index contributed by atoms with van der Waals surface area (Å²) in [5, 5.41) is 0.289. The highest BCUT2D eigenvalue weighted by Gasteiger charge is 2.36. The Morgan fingerprint density at radius 2 is 1.81 bits per heavy atom. The Kier molecular flexibility index (Phi) is 3.97. The lowest BCUT2D eigenvalue weighted by molar-refractivity contribution is 0.276. The van der Waals surface area contributed by atoms with Crippen molar-refractivity contribution in [2.45, 2.75) is 52.4 Å². The number of benzene rings is 1. The van der Waals surface area contributed by atoms with Gasteiger partial charge in [-0.3, -0.25) is 0 Å². The third kappa shape index (κ3) is 3.46. The van der Waals surface area contributed by atoms with Crippen LogP contribution in [0.5, 0.6) is 0 Å². The smallest absolute Gasteiger partial charge is 0.192 e. The standard InChI is InChI=1S/C14H24OSi/c1-12-8-7-9-13(10-12)11-15-16(5,6)14(2,3)4/h7-10H,11H2,1-6H3. The highest BCUT2D eigenvalue weighted by Crippen LogP contribution is 2.37. The monoisotopic (exact) mass is 236 g/mol. The van der Waals surface area contributed by atoms with Gasteiger partial charge in [-0.15, -0.1) is 0 Å². The fourth-order valence-corrected chi connectivity index (χ4v) is 2.24. The van der Waals surface area contributed by atoms with Gasteiger partial charge in [-0.25, -0.2) is 0 Å². The fraction of sp³-hybridized carbons (Fsp3) is 0.571. The number of hydrogen-bond acceptors (Lipinski definition) is 1. The van der Waals surface area contributed by atoms with Gasteiger partial charge in [0.05, 0.1) is 6.61 Å². The zero-order valence-electron chi connectivity index (χ0n) is 11.4. The Hall–Kier alpha value is -0.603. The molecule has 0 saturated heterocycles. The lowest BCUT2D eigenvalue weighted by Gasteiger charge is -2.36. The van der Waals surface area contributed by atoms with Gasteiger partial charge in [0.25, 0.3) is 0 Å². The topological polar surface area (TPSA) is 9.23 Å². The van der Waals surface area contributed by atoms with Crippen LogP contribution in [0.4, 0.5) is 0 Å². The zero-order valence-corrected chi connectivity index (χ0v) is 12.4. The molecule has 0 aliphatic heterocycles. The summed E-state index contributed by atoms with van der Waals surface area (Å²) in [5.41, 5.74) is 2.58. The van der Waals surface area contributed by atoms with Gasteiger partial charge < -0.3 is 4.43 Å². The van der Waals surface area contributed by atoms with Crippen molar-refractivity contribution in [3.05, 3.63) is 35.4 Å². The lowest BCUT2D eigenvalue weighted by Crippen LogP contribution is -2.40. The molecule has 1 aromatic carbocycles. The maximum Gasteiger partial charge on any atom is 0.192 e.